The van der Waals surface area contributed by atoms with Crippen LogP contribution in [0, 0.1) is 18.2 Å². The van der Waals surface area contributed by atoms with Gasteiger partial charge in [0.1, 0.15) is 23.8 Å². The van der Waals surface area contributed by atoms with E-state index in [9.17, 15) is 4.39 Å². The Labute approximate surface area is 207 Å². The number of rotatable bonds is 5. The van der Waals surface area contributed by atoms with Crippen molar-refractivity contribution in [2.45, 2.75) is 39.3 Å². The Kier molecular flexibility index (Phi) is 6.24. The number of hydrogen-bond acceptors (Lipinski definition) is 7. The fourth-order valence-corrected chi connectivity index (χ4v) is 4.67. The molecule has 2 aromatic heterocycles. The Morgan fingerprint density at radius 2 is 1.94 bits per heavy atom. The van der Waals surface area contributed by atoms with Gasteiger partial charge >= 0.3 is 0 Å². The smallest absolute Gasteiger partial charge is 0.288 e. The summed E-state index contributed by atoms with van der Waals surface area (Å²) in [5, 5.41) is 6.55. The number of piperazine rings is 1. The third-order valence-corrected chi connectivity index (χ3v) is 6.17. The number of benzene rings is 1. The number of anilines is 3. The molecule has 1 saturated heterocycles. The molecule has 10 heteroatoms. The van der Waals surface area contributed by atoms with Crippen molar-refractivity contribution in [1.29, 1.82) is 0 Å². The maximum Gasteiger partial charge on any atom is 0.288 e. The molecule has 0 unspecified atom stereocenters. The topological polar surface area (TPSA) is 79.6 Å². The highest BCUT2D eigenvalue weighted by Gasteiger charge is 2.25. The molecule has 2 N–H and O–H groups in total. The van der Waals surface area contributed by atoms with Crippen LogP contribution in [-0.4, -0.2) is 40.1 Å². The number of fused-ring (bicyclic) bond motifs is 1. The SMILES string of the molecule is [C-]#[N+]c1c(Nc2ccc(N3C[C@@H](C)N[C@@H](C)C3)nc2)ncnc1Oc1cc(F)c2c(c1F)C=C(C)C2. The summed E-state index contributed by atoms with van der Waals surface area (Å²) in [6, 6.07) is 5.46. The Balaban J connectivity index is 1.38. The average Bonchev–Trinajstić information content (AvgIpc) is 3.25. The van der Waals surface area contributed by atoms with E-state index in [1.807, 2.05) is 19.1 Å². The zero-order valence-electron chi connectivity index (χ0n) is 20.1. The van der Waals surface area contributed by atoms with Crippen LogP contribution in [0.15, 0.2) is 36.3 Å². The number of ether oxygens (including phenoxy) is 1. The first-order valence-corrected chi connectivity index (χ1v) is 11.6. The lowest BCUT2D eigenvalue weighted by molar-refractivity contribution is 0.405. The first kappa shape index (κ1) is 23.6. The molecule has 2 atom stereocenters. The molecule has 0 amide bonds. The molecule has 0 spiro atoms. The van der Waals surface area contributed by atoms with Crippen molar-refractivity contribution in [3.05, 3.63) is 70.5 Å². The van der Waals surface area contributed by atoms with Gasteiger partial charge in [-0.15, -0.1) is 0 Å². The Hall–Kier alpha value is -4.10. The van der Waals surface area contributed by atoms with Crippen LogP contribution in [0.1, 0.15) is 31.9 Å². The fraction of sp³-hybridized carbons (Fsp3) is 0.308. The highest BCUT2D eigenvalue weighted by atomic mass is 19.1. The van der Waals surface area contributed by atoms with Gasteiger partial charge in [-0.3, -0.25) is 0 Å². The minimum Gasteiger partial charge on any atom is -0.446 e. The summed E-state index contributed by atoms with van der Waals surface area (Å²) in [5.74, 6) is -0.734. The van der Waals surface area contributed by atoms with Crippen molar-refractivity contribution in [3.8, 4) is 11.6 Å². The van der Waals surface area contributed by atoms with Crippen molar-refractivity contribution < 1.29 is 13.5 Å². The molecule has 1 aliphatic heterocycles. The molecule has 3 heterocycles. The van der Waals surface area contributed by atoms with Crippen LogP contribution < -0.4 is 20.3 Å². The monoisotopic (exact) mass is 489 g/mol. The van der Waals surface area contributed by atoms with E-state index in [2.05, 4.69) is 49.2 Å². The van der Waals surface area contributed by atoms with Crippen LogP contribution in [0.3, 0.4) is 0 Å². The molecular formula is C26H25F2N7O. The highest BCUT2D eigenvalue weighted by Crippen LogP contribution is 2.40. The Morgan fingerprint density at radius 3 is 2.64 bits per heavy atom. The molecule has 1 aliphatic carbocycles. The molecular weight excluding hydrogens is 464 g/mol. The van der Waals surface area contributed by atoms with E-state index in [1.165, 1.54) is 6.33 Å². The van der Waals surface area contributed by atoms with Crippen LogP contribution in [0.2, 0.25) is 0 Å². The van der Waals surface area contributed by atoms with E-state index in [0.717, 1.165) is 30.5 Å². The number of nitrogens with zero attached hydrogens (tertiary/aromatic N) is 5. The molecule has 1 aromatic carbocycles. The van der Waals surface area contributed by atoms with Gasteiger partial charge in [0, 0.05) is 42.4 Å². The molecule has 8 nitrogen and oxygen atoms in total. The van der Waals surface area contributed by atoms with Crippen molar-refractivity contribution >= 4 is 29.1 Å². The zero-order chi connectivity index (χ0) is 25.4. The number of nitrogens with one attached hydrogen (secondary N) is 2. The summed E-state index contributed by atoms with van der Waals surface area (Å²) >= 11 is 0. The summed E-state index contributed by atoms with van der Waals surface area (Å²) in [6.45, 7) is 15.4. The minimum absolute atomic E-state index is 0.0571. The van der Waals surface area contributed by atoms with Gasteiger partial charge in [-0.25, -0.2) is 28.6 Å². The summed E-state index contributed by atoms with van der Waals surface area (Å²) < 4.78 is 35.2. The normalized spacial score (nSPS) is 18.9. The summed E-state index contributed by atoms with van der Waals surface area (Å²) in [7, 11) is 0. The van der Waals surface area contributed by atoms with Gasteiger partial charge in [-0.2, -0.15) is 0 Å². The Bertz CT molecular complexity index is 1370. The largest absolute Gasteiger partial charge is 0.446 e. The number of allylic oxidation sites excluding steroid dienone is 1. The number of hydrogen-bond donors (Lipinski definition) is 2. The average molecular weight is 490 g/mol. The van der Waals surface area contributed by atoms with Gasteiger partial charge in [-0.05, 0) is 39.3 Å². The van der Waals surface area contributed by atoms with Crippen molar-refractivity contribution in [3.63, 3.8) is 0 Å². The number of pyridine rings is 1. The molecule has 5 rings (SSSR count). The van der Waals surface area contributed by atoms with Crippen molar-refractivity contribution in [2.75, 3.05) is 23.3 Å². The zero-order valence-corrected chi connectivity index (χ0v) is 20.1. The summed E-state index contributed by atoms with van der Waals surface area (Å²) in [5.41, 5.74) is 1.88. The molecule has 3 aromatic rings. The lowest BCUT2D eigenvalue weighted by Crippen LogP contribution is -2.54. The summed E-state index contributed by atoms with van der Waals surface area (Å²) in [6.07, 6.45) is 4.81. The molecule has 0 saturated carbocycles. The first-order chi connectivity index (χ1) is 17.3. The maximum absolute atomic E-state index is 15.0. The van der Waals surface area contributed by atoms with Crippen LogP contribution >= 0.6 is 0 Å². The molecule has 184 valence electrons. The highest BCUT2D eigenvalue weighted by molar-refractivity contribution is 5.76. The molecule has 1 fully saturated rings. The molecule has 0 bridgehead atoms. The summed E-state index contributed by atoms with van der Waals surface area (Å²) in [4.78, 5) is 18.4. The van der Waals surface area contributed by atoms with Crippen LogP contribution in [0.5, 0.6) is 11.6 Å². The van der Waals surface area contributed by atoms with E-state index in [0.29, 0.717) is 29.8 Å². The van der Waals surface area contributed by atoms with Crippen molar-refractivity contribution in [2.24, 2.45) is 0 Å². The van der Waals surface area contributed by atoms with Crippen LogP contribution in [0.4, 0.5) is 31.8 Å². The van der Waals surface area contributed by atoms with Gasteiger partial charge in [-0.1, -0.05) is 11.6 Å². The molecule has 36 heavy (non-hydrogen) atoms. The van der Waals surface area contributed by atoms with Gasteiger partial charge in [0.2, 0.25) is 5.88 Å². The minimum atomic E-state index is -0.691. The van der Waals surface area contributed by atoms with E-state index in [-0.39, 0.29) is 28.7 Å². The van der Waals surface area contributed by atoms with E-state index in [1.54, 1.807) is 12.3 Å². The van der Waals surface area contributed by atoms with E-state index in [4.69, 9.17) is 11.3 Å². The quantitative estimate of drug-likeness (QED) is 0.466. The fourth-order valence-electron chi connectivity index (χ4n) is 4.67. The lowest BCUT2D eigenvalue weighted by atomic mass is 10.1. The van der Waals surface area contributed by atoms with E-state index < -0.39 is 11.6 Å². The second-order valence-electron chi connectivity index (χ2n) is 9.22. The standard InChI is InChI=1S/C26H25F2N7O/c1-14-7-18-19(8-14)23(28)21(9-20(18)27)36-26-24(29-4)25(31-13-32-26)34-17-5-6-22(30-10-17)35-11-15(2)33-16(3)12-35/h5-6,8-10,13,15-16,33H,7,11-12H2,1-3H3,(H,31,32,34)/t15-,16+. The van der Waals surface area contributed by atoms with Crippen LogP contribution in [0.25, 0.3) is 10.9 Å². The maximum atomic E-state index is 15.0. The predicted molar refractivity (Wildman–Crippen MR) is 134 cm³/mol. The number of aromatic nitrogens is 3. The van der Waals surface area contributed by atoms with E-state index >= 15 is 4.39 Å². The number of halogens is 2. The van der Waals surface area contributed by atoms with Gasteiger partial charge in [0.15, 0.2) is 11.6 Å². The van der Waals surface area contributed by atoms with Crippen LogP contribution in [-0.2, 0) is 6.42 Å². The lowest BCUT2D eigenvalue weighted by Gasteiger charge is -2.36. The molecule has 2 aliphatic rings. The van der Waals surface area contributed by atoms with Gasteiger partial charge in [0.25, 0.3) is 5.69 Å². The first-order valence-electron chi connectivity index (χ1n) is 11.6. The predicted octanol–water partition coefficient (Wildman–Crippen LogP) is 5.38. The third-order valence-electron chi connectivity index (χ3n) is 6.17. The van der Waals surface area contributed by atoms with Gasteiger partial charge < -0.3 is 20.3 Å². The molecule has 0 radical (unpaired) electrons. The second-order valence-corrected chi connectivity index (χ2v) is 9.22. The third kappa shape index (κ3) is 4.57. The Morgan fingerprint density at radius 1 is 1.17 bits per heavy atom. The van der Waals surface area contributed by atoms with Crippen molar-refractivity contribution in [1.82, 2.24) is 20.3 Å². The second kappa shape index (κ2) is 9.51. The van der Waals surface area contributed by atoms with Gasteiger partial charge in [0.05, 0.1) is 18.5 Å².